The van der Waals surface area contributed by atoms with Gasteiger partial charge in [-0.2, -0.15) is 14.0 Å². The molecule has 234 valence electrons. The Kier molecular flexibility index (Phi) is 8.59. The highest BCUT2D eigenvalue weighted by Crippen LogP contribution is 2.46. The van der Waals surface area contributed by atoms with Crippen LogP contribution in [0.5, 0.6) is 0 Å². The van der Waals surface area contributed by atoms with E-state index in [0.717, 1.165) is 67.0 Å². The molecule has 0 fully saturated rings. The second kappa shape index (κ2) is 13.1. The molecule has 0 aliphatic rings. The summed E-state index contributed by atoms with van der Waals surface area (Å²) in [6, 6.07) is 44.5. The van der Waals surface area contributed by atoms with Gasteiger partial charge in [-0.1, -0.05) is 84.9 Å². The Labute approximate surface area is 285 Å². The second-order valence-corrected chi connectivity index (χ2v) is 14.3. The van der Waals surface area contributed by atoms with Crippen LogP contribution in [0.15, 0.2) is 133 Å². The van der Waals surface area contributed by atoms with E-state index in [1.807, 2.05) is 30.3 Å². The van der Waals surface area contributed by atoms with E-state index in [1.165, 1.54) is 16.5 Å². The van der Waals surface area contributed by atoms with E-state index in [2.05, 4.69) is 105 Å². The third-order valence-corrected chi connectivity index (χ3v) is 10.7. The quantitative estimate of drug-likeness (QED) is 0.121. The summed E-state index contributed by atoms with van der Waals surface area (Å²) in [4.78, 5) is 23.3. The SMILES string of the molecule is Cc1cc(-c2ccc(-c3ccc(/C=C(/C#N)P(=O)(O)O)cc3)c3nsnc23)sc1-c1ccc(N(c2ccccc2)c2ccccc2)cc1. The normalized spacial score (nSPS) is 11.8. The van der Waals surface area contributed by atoms with Crippen LogP contribution in [0.3, 0.4) is 0 Å². The first-order valence-corrected chi connectivity index (χ1v) is 18.1. The van der Waals surface area contributed by atoms with Crippen LogP contribution in [-0.4, -0.2) is 18.5 Å². The lowest BCUT2D eigenvalue weighted by Gasteiger charge is -2.25. The van der Waals surface area contributed by atoms with Crippen molar-refractivity contribution in [1.29, 1.82) is 5.26 Å². The zero-order valence-corrected chi connectivity index (χ0v) is 28.1. The summed E-state index contributed by atoms with van der Waals surface area (Å²) in [6.07, 6.45) is 1.21. The molecular formula is C38H27N4O3PS2. The summed E-state index contributed by atoms with van der Waals surface area (Å²) in [5.41, 5.74) is 10.5. The van der Waals surface area contributed by atoms with Crippen molar-refractivity contribution < 1.29 is 14.4 Å². The van der Waals surface area contributed by atoms with Crippen molar-refractivity contribution in [2.45, 2.75) is 6.92 Å². The van der Waals surface area contributed by atoms with Crippen LogP contribution in [0.1, 0.15) is 11.1 Å². The third-order valence-electron chi connectivity index (χ3n) is 7.97. The Morgan fingerprint density at radius 1 is 0.750 bits per heavy atom. The predicted molar refractivity (Wildman–Crippen MR) is 197 cm³/mol. The van der Waals surface area contributed by atoms with E-state index >= 15 is 0 Å². The summed E-state index contributed by atoms with van der Waals surface area (Å²) in [5.74, 6) is 0. The number of fused-ring (bicyclic) bond motifs is 1. The molecule has 48 heavy (non-hydrogen) atoms. The second-order valence-electron chi connectivity index (χ2n) is 11.1. The first-order chi connectivity index (χ1) is 23.3. The number of aryl methyl sites for hydroxylation is 1. The molecule has 10 heteroatoms. The van der Waals surface area contributed by atoms with E-state index in [1.54, 1.807) is 29.5 Å². The number of hydrogen-bond donors (Lipinski definition) is 2. The smallest absolute Gasteiger partial charge is 0.321 e. The molecular weight excluding hydrogens is 656 g/mol. The molecule has 5 aromatic carbocycles. The standard InChI is InChI=1S/C38H27N4O3PS2/c1-25-22-35(47-38(25)28-16-18-31(19-17-28)42(29-8-4-2-5-9-29)30-10-6-3-7-11-30)34-21-20-33(36-37(34)41-48-40-36)27-14-12-26(13-15-27)23-32(24-39)46(43,44)45/h2-23H,1H3,(H2,43,44,45)/b32-23-. The first kappa shape index (κ1) is 31.4. The fraction of sp³-hybridized carbons (Fsp3) is 0.0263. The van der Waals surface area contributed by atoms with Crippen LogP contribution >= 0.6 is 30.7 Å². The van der Waals surface area contributed by atoms with Crippen LogP contribution < -0.4 is 4.90 Å². The number of nitriles is 1. The van der Waals surface area contributed by atoms with Crippen molar-refractivity contribution in [2.24, 2.45) is 0 Å². The number of nitrogens with zero attached hydrogens (tertiary/aromatic N) is 4. The number of para-hydroxylation sites is 2. The van der Waals surface area contributed by atoms with Crippen LogP contribution in [0.25, 0.3) is 49.1 Å². The molecule has 0 saturated heterocycles. The van der Waals surface area contributed by atoms with Gasteiger partial charge < -0.3 is 14.7 Å². The Bertz CT molecular complexity index is 2320. The van der Waals surface area contributed by atoms with Crippen molar-refractivity contribution in [3.8, 4) is 38.1 Å². The molecule has 7 aromatic rings. The van der Waals surface area contributed by atoms with Gasteiger partial charge in [0.25, 0.3) is 0 Å². The highest BCUT2D eigenvalue weighted by molar-refractivity contribution is 7.57. The molecule has 0 radical (unpaired) electrons. The van der Waals surface area contributed by atoms with Crippen LogP contribution in [0.2, 0.25) is 0 Å². The molecule has 7 nitrogen and oxygen atoms in total. The summed E-state index contributed by atoms with van der Waals surface area (Å²) in [5, 5.41) is 8.56. The summed E-state index contributed by atoms with van der Waals surface area (Å²) in [6.45, 7) is 2.13. The van der Waals surface area contributed by atoms with E-state index < -0.39 is 12.9 Å². The number of hydrogen-bond acceptors (Lipinski definition) is 7. The number of rotatable bonds is 8. The molecule has 2 N–H and O–H groups in total. The molecule has 0 atom stereocenters. The van der Waals surface area contributed by atoms with Gasteiger partial charge in [0.15, 0.2) is 0 Å². The minimum absolute atomic E-state index is 0.519. The Hall–Kier alpha value is -5.20. The minimum Gasteiger partial charge on any atom is -0.321 e. The fourth-order valence-corrected chi connectivity index (χ4v) is 7.89. The summed E-state index contributed by atoms with van der Waals surface area (Å²) >= 11 is 2.89. The number of allylic oxidation sites excluding steroid dienone is 1. The molecule has 0 spiro atoms. The molecule has 0 aliphatic heterocycles. The van der Waals surface area contributed by atoms with Crippen molar-refractivity contribution in [1.82, 2.24) is 8.75 Å². The van der Waals surface area contributed by atoms with E-state index in [4.69, 9.17) is 5.26 Å². The molecule has 2 aromatic heterocycles. The monoisotopic (exact) mass is 682 g/mol. The average Bonchev–Trinajstić information content (AvgIpc) is 3.75. The van der Waals surface area contributed by atoms with Gasteiger partial charge in [-0.3, -0.25) is 4.57 Å². The van der Waals surface area contributed by atoms with Gasteiger partial charge in [0.2, 0.25) is 0 Å². The molecule has 0 unspecified atom stereocenters. The molecule has 2 heterocycles. The maximum absolute atomic E-state index is 11.5. The average molecular weight is 683 g/mol. The topological polar surface area (TPSA) is 110 Å². The van der Waals surface area contributed by atoms with Crippen LogP contribution in [-0.2, 0) is 4.57 Å². The van der Waals surface area contributed by atoms with Gasteiger partial charge in [-0.25, -0.2) is 0 Å². The highest BCUT2D eigenvalue weighted by atomic mass is 32.1. The maximum atomic E-state index is 11.5. The fourth-order valence-electron chi connectivity index (χ4n) is 5.66. The summed E-state index contributed by atoms with van der Waals surface area (Å²) in [7, 11) is -4.64. The Balaban J connectivity index is 1.19. The van der Waals surface area contributed by atoms with Gasteiger partial charge in [0.1, 0.15) is 22.4 Å². The minimum atomic E-state index is -4.64. The van der Waals surface area contributed by atoms with E-state index in [9.17, 15) is 14.4 Å². The van der Waals surface area contributed by atoms with Gasteiger partial charge >= 0.3 is 7.60 Å². The highest BCUT2D eigenvalue weighted by Gasteiger charge is 2.21. The largest absolute Gasteiger partial charge is 0.366 e. The van der Waals surface area contributed by atoms with Crippen molar-refractivity contribution in [3.63, 3.8) is 0 Å². The molecule has 0 bridgehead atoms. The number of anilines is 3. The van der Waals surface area contributed by atoms with Crippen molar-refractivity contribution in [2.75, 3.05) is 4.90 Å². The lowest BCUT2D eigenvalue weighted by Crippen LogP contribution is -2.09. The zero-order valence-electron chi connectivity index (χ0n) is 25.6. The van der Waals surface area contributed by atoms with E-state index in [0.29, 0.717) is 5.56 Å². The first-order valence-electron chi connectivity index (χ1n) is 15.0. The number of benzene rings is 5. The zero-order chi connectivity index (χ0) is 33.3. The van der Waals surface area contributed by atoms with Gasteiger partial charge in [0.05, 0.1) is 11.7 Å². The molecule has 7 rings (SSSR count). The summed E-state index contributed by atoms with van der Waals surface area (Å²) < 4.78 is 20.9. The molecule has 0 amide bonds. The lowest BCUT2D eigenvalue weighted by molar-refractivity contribution is 0.384. The molecule has 0 aliphatic carbocycles. The van der Waals surface area contributed by atoms with Gasteiger partial charge in [-0.05, 0) is 77.7 Å². The van der Waals surface area contributed by atoms with Crippen molar-refractivity contribution >= 4 is 64.8 Å². The number of aromatic nitrogens is 2. The molecule has 0 saturated carbocycles. The van der Waals surface area contributed by atoms with Gasteiger partial charge in [0, 0.05) is 37.9 Å². The van der Waals surface area contributed by atoms with Crippen LogP contribution in [0, 0.1) is 18.3 Å². The van der Waals surface area contributed by atoms with E-state index in [-0.39, 0.29) is 0 Å². The third kappa shape index (κ3) is 6.24. The predicted octanol–water partition coefficient (Wildman–Crippen LogP) is 10.6. The van der Waals surface area contributed by atoms with Crippen LogP contribution in [0.4, 0.5) is 17.1 Å². The number of thiophene rings is 1. The van der Waals surface area contributed by atoms with Gasteiger partial charge in [-0.15, -0.1) is 11.3 Å². The lowest BCUT2D eigenvalue weighted by atomic mass is 9.99. The Morgan fingerprint density at radius 2 is 1.29 bits per heavy atom. The Morgan fingerprint density at radius 3 is 1.88 bits per heavy atom. The maximum Gasteiger partial charge on any atom is 0.366 e. The van der Waals surface area contributed by atoms with Crippen molar-refractivity contribution in [3.05, 3.63) is 144 Å².